The molecular formula is C13H16ClN5O. The van der Waals surface area contributed by atoms with Crippen LogP contribution in [0, 0.1) is 6.92 Å². The smallest absolute Gasteiger partial charge is 0.156 e. The van der Waals surface area contributed by atoms with Crippen molar-refractivity contribution in [1.82, 2.24) is 19.5 Å². The van der Waals surface area contributed by atoms with E-state index < -0.39 is 0 Å². The lowest BCUT2D eigenvalue weighted by Gasteiger charge is -2.09. The van der Waals surface area contributed by atoms with Gasteiger partial charge in [0.05, 0.1) is 11.9 Å². The van der Waals surface area contributed by atoms with Crippen molar-refractivity contribution >= 4 is 23.7 Å². The summed E-state index contributed by atoms with van der Waals surface area (Å²) in [6.45, 7) is 3.39. The maximum Gasteiger partial charge on any atom is 0.156 e. The number of rotatable bonds is 7. The van der Waals surface area contributed by atoms with Crippen LogP contribution in [-0.4, -0.2) is 32.3 Å². The second-order valence-electron chi connectivity index (χ2n) is 4.38. The van der Waals surface area contributed by atoms with E-state index in [0.717, 1.165) is 25.9 Å². The van der Waals surface area contributed by atoms with Gasteiger partial charge in [-0.05, 0) is 19.8 Å². The van der Waals surface area contributed by atoms with Crippen LogP contribution in [0.3, 0.4) is 0 Å². The number of halogens is 1. The van der Waals surface area contributed by atoms with Gasteiger partial charge in [-0.25, -0.2) is 15.0 Å². The highest BCUT2D eigenvalue weighted by atomic mass is 35.5. The second kappa shape index (κ2) is 7.00. The first-order chi connectivity index (χ1) is 9.70. The summed E-state index contributed by atoms with van der Waals surface area (Å²) in [4.78, 5) is 23.1. The Morgan fingerprint density at radius 2 is 2.25 bits per heavy atom. The predicted octanol–water partition coefficient (Wildman–Crippen LogP) is 2.34. The van der Waals surface area contributed by atoms with Gasteiger partial charge in [0.25, 0.3) is 0 Å². The van der Waals surface area contributed by atoms with E-state index in [1.165, 1.54) is 0 Å². The molecule has 2 aromatic heterocycles. The molecule has 0 atom stereocenters. The molecule has 0 saturated heterocycles. The molecular weight excluding hydrogens is 278 g/mol. The molecule has 0 aliphatic heterocycles. The van der Waals surface area contributed by atoms with Crippen LogP contribution >= 0.6 is 11.6 Å². The van der Waals surface area contributed by atoms with Crippen LogP contribution in [-0.2, 0) is 6.54 Å². The number of anilines is 1. The molecule has 20 heavy (non-hydrogen) atoms. The minimum absolute atomic E-state index is 0.188. The van der Waals surface area contributed by atoms with E-state index in [4.69, 9.17) is 11.6 Å². The molecule has 0 aromatic carbocycles. The molecule has 0 spiro atoms. The summed E-state index contributed by atoms with van der Waals surface area (Å²) in [5.74, 6) is 1.04. The van der Waals surface area contributed by atoms with E-state index in [1.54, 1.807) is 19.4 Å². The van der Waals surface area contributed by atoms with Crippen LogP contribution in [0.25, 0.3) is 0 Å². The number of carbonyl (C=O) groups is 1. The Labute approximate surface area is 122 Å². The Bertz CT molecular complexity index is 570. The topological polar surface area (TPSA) is 72.7 Å². The van der Waals surface area contributed by atoms with Crippen molar-refractivity contribution in [3.63, 3.8) is 0 Å². The lowest BCUT2D eigenvalue weighted by molar-refractivity contribution is 0.112. The third-order valence-corrected chi connectivity index (χ3v) is 3.11. The van der Waals surface area contributed by atoms with Crippen LogP contribution in [0.2, 0.25) is 5.15 Å². The fourth-order valence-corrected chi connectivity index (χ4v) is 2.09. The van der Waals surface area contributed by atoms with Crippen molar-refractivity contribution < 1.29 is 4.79 Å². The van der Waals surface area contributed by atoms with Crippen molar-refractivity contribution in [2.45, 2.75) is 26.3 Å². The Kier molecular flexibility index (Phi) is 5.06. The summed E-state index contributed by atoms with van der Waals surface area (Å²) < 4.78 is 2.03. The molecule has 2 heterocycles. The first-order valence-electron chi connectivity index (χ1n) is 6.39. The van der Waals surface area contributed by atoms with Crippen LogP contribution in [0.1, 0.15) is 29.0 Å². The molecule has 2 rings (SSSR count). The van der Waals surface area contributed by atoms with Crippen LogP contribution in [0.15, 0.2) is 18.7 Å². The Morgan fingerprint density at radius 1 is 1.40 bits per heavy atom. The number of aromatic nitrogens is 4. The number of aryl methyl sites for hydroxylation is 2. The minimum atomic E-state index is 0.188. The van der Waals surface area contributed by atoms with E-state index >= 15 is 0 Å². The van der Waals surface area contributed by atoms with Crippen molar-refractivity contribution in [3.8, 4) is 0 Å². The zero-order valence-corrected chi connectivity index (χ0v) is 12.0. The van der Waals surface area contributed by atoms with Crippen molar-refractivity contribution in [2.24, 2.45) is 0 Å². The molecule has 0 fully saturated rings. The zero-order valence-electron chi connectivity index (χ0n) is 11.2. The predicted molar refractivity (Wildman–Crippen MR) is 77.1 cm³/mol. The van der Waals surface area contributed by atoms with Gasteiger partial charge >= 0.3 is 0 Å². The molecule has 0 aliphatic rings. The largest absolute Gasteiger partial charge is 0.369 e. The summed E-state index contributed by atoms with van der Waals surface area (Å²) in [5, 5.41) is 3.32. The summed E-state index contributed by atoms with van der Waals surface area (Å²) in [7, 11) is 0. The fraction of sp³-hybridized carbons (Fsp3) is 0.385. The highest BCUT2D eigenvalue weighted by Gasteiger charge is 2.10. The molecule has 106 valence electrons. The Morgan fingerprint density at radius 3 is 2.95 bits per heavy atom. The summed E-state index contributed by atoms with van der Waals surface area (Å²) in [6, 6.07) is 0. The van der Waals surface area contributed by atoms with E-state index in [9.17, 15) is 4.79 Å². The molecule has 6 nitrogen and oxygen atoms in total. The van der Waals surface area contributed by atoms with Gasteiger partial charge in [-0.3, -0.25) is 4.79 Å². The van der Waals surface area contributed by atoms with Gasteiger partial charge in [-0.2, -0.15) is 0 Å². The minimum Gasteiger partial charge on any atom is -0.369 e. The molecule has 0 bridgehead atoms. The number of imidazole rings is 1. The van der Waals surface area contributed by atoms with Crippen molar-refractivity contribution in [3.05, 3.63) is 35.3 Å². The van der Waals surface area contributed by atoms with Gasteiger partial charge in [0.1, 0.15) is 16.8 Å². The third kappa shape index (κ3) is 3.77. The summed E-state index contributed by atoms with van der Waals surface area (Å²) in [5.41, 5.74) is 0.312. The highest BCUT2D eigenvalue weighted by Crippen LogP contribution is 2.18. The Balaban J connectivity index is 1.83. The average molecular weight is 294 g/mol. The molecule has 2 aromatic rings. The zero-order chi connectivity index (χ0) is 14.4. The maximum atomic E-state index is 11.0. The summed E-state index contributed by atoms with van der Waals surface area (Å²) >= 11 is 5.91. The van der Waals surface area contributed by atoms with Gasteiger partial charge in [0.15, 0.2) is 6.29 Å². The summed E-state index contributed by atoms with van der Waals surface area (Å²) in [6.07, 6.45) is 8.14. The van der Waals surface area contributed by atoms with Gasteiger partial charge in [0, 0.05) is 25.5 Å². The standard InChI is InChI=1S/C13H16ClN5O/c1-10-17-12(14)11(8-20)13(18-10)16-4-2-3-6-19-7-5-15-9-19/h5,7-9H,2-4,6H2,1H3,(H,16,17,18). The van der Waals surface area contributed by atoms with Crippen LogP contribution < -0.4 is 5.32 Å². The Hall–Kier alpha value is -1.95. The number of aldehydes is 1. The lowest BCUT2D eigenvalue weighted by Crippen LogP contribution is -2.09. The SMILES string of the molecule is Cc1nc(Cl)c(C=O)c(NCCCCn2ccnc2)n1. The number of hydrogen-bond donors (Lipinski definition) is 1. The monoisotopic (exact) mass is 293 g/mol. The second-order valence-corrected chi connectivity index (χ2v) is 4.73. The fourth-order valence-electron chi connectivity index (χ4n) is 1.83. The van der Waals surface area contributed by atoms with Gasteiger partial charge in [-0.1, -0.05) is 11.6 Å². The first kappa shape index (κ1) is 14.5. The van der Waals surface area contributed by atoms with Crippen molar-refractivity contribution in [1.29, 1.82) is 0 Å². The molecule has 0 aliphatic carbocycles. The molecule has 0 amide bonds. The van der Waals surface area contributed by atoms with Crippen molar-refractivity contribution in [2.75, 3.05) is 11.9 Å². The quantitative estimate of drug-likeness (QED) is 0.482. The van der Waals surface area contributed by atoms with E-state index in [2.05, 4.69) is 20.3 Å². The highest BCUT2D eigenvalue weighted by molar-refractivity contribution is 6.32. The first-order valence-corrected chi connectivity index (χ1v) is 6.77. The average Bonchev–Trinajstić information content (AvgIpc) is 2.91. The molecule has 1 N–H and O–H groups in total. The molecule has 0 unspecified atom stereocenters. The van der Waals surface area contributed by atoms with Gasteiger partial charge in [0.2, 0.25) is 0 Å². The molecule has 7 heteroatoms. The van der Waals surface area contributed by atoms with Gasteiger partial charge in [-0.15, -0.1) is 0 Å². The normalized spacial score (nSPS) is 10.5. The number of nitrogens with zero attached hydrogens (tertiary/aromatic N) is 4. The maximum absolute atomic E-state index is 11.0. The lowest BCUT2D eigenvalue weighted by atomic mass is 10.3. The van der Waals surface area contributed by atoms with E-state index in [1.807, 2.05) is 10.8 Å². The third-order valence-electron chi connectivity index (χ3n) is 2.82. The number of carbonyl (C=O) groups excluding carboxylic acids is 1. The molecule has 0 saturated carbocycles. The van der Waals surface area contributed by atoms with Crippen LogP contribution in [0.5, 0.6) is 0 Å². The number of unbranched alkanes of at least 4 members (excludes halogenated alkanes) is 1. The number of hydrogen-bond acceptors (Lipinski definition) is 5. The molecule has 0 radical (unpaired) electrons. The van der Waals surface area contributed by atoms with E-state index in [0.29, 0.717) is 23.5 Å². The van der Waals surface area contributed by atoms with Gasteiger partial charge < -0.3 is 9.88 Å². The number of nitrogens with one attached hydrogen (secondary N) is 1. The van der Waals surface area contributed by atoms with E-state index in [-0.39, 0.29) is 5.15 Å². The van der Waals surface area contributed by atoms with Crippen LogP contribution in [0.4, 0.5) is 5.82 Å².